The van der Waals surface area contributed by atoms with Gasteiger partial charge in [0.15, 0.2) is 0 Å². The van der Waals surface area contributed by atoms with Crippen LogP contribution < -0.4 is 4.90 Å². The number of ether oxygens (including phenoxy) is 2. The summed E-state index contributed by atoms with van der Waals surface area (Å²) < 4.78 is 25.7. The van der Waals surface area contributed by atoms with Crippen LogP contribution in [0.2, 0.25) is 0 Å². The van der Waals surface area contributed by atoms with E-state index in [0.717, 1.165) is 33.5 Å². The third-order valence-electron chi connectivity index (χ3n) is 5.50. The van der Waals surface area contributed by atoms with Gasteiger partial charge in [0.1, 0.15) is 5.82 Å². The zero-order valence-electron chi connectivity index (χ0n) is 15.5. The van der Waals surface area contributed by atoms with Gasteiger partial charge in [0.05, 0.1) is 55.8 Å². The van der Waals surface area contributed by atoms with E-state index in [1.807, 2.05) is 19.1 Å². The highest BCUT2D eigenvalue weighted by Gasteiger charge is 2.32. The number of fused-ring (bicyclic) bond motifs is 2. The van der Waals surface area contributed by atoms with E-state index in [0.29, 0.717) is 31.9 Å². The summed E-state index contributed by atoms with van der Waals surface area (Å²) in [7, 11) is 0. The number of rotatable bonds is 3. The number of aromatic amines is 1. The number of amides is 1. The number of hydrogen-bond acceptors (Lipinski definition) is 4. The van der Waals surface area contributed by atoms with E-state index in [4.69, 9.17) is 9.47 Å². The molecule has 1 amide bonds. The molecule has 1 aromatic carbocycles. The fraction of sp³-hybridized carbons (Fsp3) is 0.333. The Labute approximate surface area is 161 Å². The number of H-pyrrole nitrogens is 1. The molecule has 3 aromatic rings. The smallest absolute Gasteiger partial charge is 0.233 e. The number of carbonyl (C=O) groups excluding carboxylic acids is 1. The summed E-state index contributed by atoms with van der Waals surface area (Å²) >= 11 is 0. The van der Waals surface area contributed by atoms with Crippen LogP contribution in [-0.2, 0) is 20.7 Å². The van der Waals surface area contributed by atoms with Crippen molar-refractivity contribution in [3.63, 3.8) is 0 Å². The van der Waals surface area contributed by atoms with Crippen LogP contribution in [-0.4, -0.2) is 48.3 Å². The van der Waals surface area contributed by atoms with Crippen molar-refractivity contribution in [1.29, 1.82) is 0 Å². The summed E-state index contributed by atoms with van der Waals surface area (Å²) in [6.07, 6.45) is 3.57. The van der Waals surface area contributed by atoms with Crippen LogP contribution in [0.3, 0.4) is 0 Å². The van der Waals surface area contributed by atoms with Gasteiger partial charge in [-0.2, -0.15) is 0 Å². The largest absolute Gasteiger partial charge is 0.376 e. The van der Waals surface area contributed by atoms with E-state index in [-0.39, 0.29) is 24.2 Å². The molecule has 0 aliphatic carbocycles. The van der Waals surface area contributed by atoms with Crippen LogP contribution in [0.4, 0.5) is 10.1 Å². The second kappa shape index (κ2) is 6.68. The van der Waals surface area contributed by atoms with E-state index in [1.165, 1.54) is 6.07 Å². The third kappa shape index (κ3) is 2.78. The quantitative estimate of drug-likeness (QED) is 0.757. The molecule has 6 nitrogen and oxygen atoms in total. The number of benzene rings is 1. The lowest BCUT2D eigenvalue weighted by Crippen LogP contribution is -2.41. The molecule has 2 aromatic heterocycles. The predicted octanol–water partition coefficient (Wildman–Crippen LogP) is 2.98. The van der Waals surface area contributed by atoms with Crippen LogP contribution in [0.5, 0.6) is 0 Å². The highest BCUT2D eigenvalue weighted by Crippen LogP contribution is 2.36. The maximum absolute atomic E-state index is 14.5. The van der Waals surface area contributed by atoms with Gasteiger partial charge in [-0.1, -0.05) is 0 Å². The predicted molar refractivity (Wildman–Crippen MR) is 103 cm³/mol. The van der Waals surface area contributed by atoms with Crippen molar-refractivity contribution in [2.75, 3.05) is 31.3 Å². The second-order valence-electron chi connectivity index (χ2n) is 7.24. The molecule has 0 unspecified atom stereocenters. The molecule has 1 atom stereocenters. The highest BCUT2D eigenvalue weighted by atomic mass is 19.1. The fourth-order valence-electron chi connectivity index (χ4n) is 4.05. The van der Waals surface area contributed by atoms with E-state index < -0.39 is 0 Å². The molecule has 1 saturated heterocycles. The number of anilines is 1. The molecule has 5 rings (SSSR count). The maximum Gasteiger partial charge on any atom is 0.233 e. The first-order chi connectivity index (χ1) is 13.6. The Kier molecular flexibility index (Phi) is 4.14. The number of halogens is 1. The van der Waals surface area contributed by atoms with Gasteiger partial charge in [0, 0.05) is 23.3 Å². The van der Waals surface area contributed by atoms with Crippen molar-refractivity contribution in [2.24, 2.45) is 0 Å². The minimum absolute atomic E-state index is 0.00203. The minimum Gasteiger partial charge on any atom is -0.376 e. The molecule has 144 valence electrons. The van der Waals surface area contributed by atoms with Crippen molar-refractivity contribution in [1.82, 2.24) is 9.97 Å². The Hall–Kier alpha value is -2.77. The lowest BCUT2D eigenvalue weighted by Gasteiger charge is -2.27. The molecule has 2 aliphatic rings. The third-order valence-corrected chi connectivity index (χ3v) is 5.50. The van der Waals surface area contributed by atoms with Gasteiger partial charge >= 0.3 is 0 Å². The van der Waals surface area contributed by atoms with E-state index in [9.17, 15) is 9.18 Å². The second-order valence-corrected chi connectivity index (χ2v) is 7.24. The first-order valence-corrected chi connectivity index (χ1v) is 9.37. The Morgan fingerprint density at radius 3 is 3.07 bits per heavy atom. The number of aromatic nitrogens is 2. The molecule has 7 heteroatoms. The van der Waals surface area contributed by atoms with Gasteiger partial charge in [-0.3, -0.25) is 9.78 Å². The summed E-state index contributed by atoms with van der Waals surface area (Å²) in [4.78, 5) is 21.7. The van der Waals surface area contributed by atoms with Crippen LogP contribution in [0.15, 0.2) is 30.6 Å². The zero-order chi connectivity index (χ0) is 19.3. The number of aryl methyl sites for hydroxylation is 1. The summed E-state index contributed by atoms with van der Waals surface area (Å²) in [6, 6.07) is 5.32. The lowest BCUT2D eigenvalue weighted by atomic mass is 9.98. The minimum atomic E-state index is -0.304. The molecule has 0 saturated carbocycles. The molecular weight excluding hydrogens is 361 g/mol. The first-order valence-electron chi connectivity index (χ1n) is 9.37. The zero-order valence-corrected chi connectivity index (χ0v) is 15.5. The molecular formula is C21H20FN3O3. The Morgan fingerprint density at radius 2 is 2.25 bits per heavy atom. The van der Waals surface area contributed by atoms with E-state index >= 15 is 0 Å². The van der Waals surface area contributed by atoms with Gasteiger partial charge in [0.25, 0.3) is 0 Å². The summed E-state index contributed by atoms with van der Waals surface area (Å²) in [5, 5.41) is 0.844. The van der Waals surface area contributed by atoms with Crippen LogP contribution in [0, 0.1) is 12.7 Å². The molecule has 1 N–H and O–H groups in total. The lowest BCUT2D eigenvalue weighted by molar-refractivity contribution is -0.119. The number of nitrogens with zero attached hydrogens (tertiary/aromatic N) is 2. The topological polar surface area (TPSA) is 67.5 Å². The van der Waals surface area contributed by atoms with Gasteiger partial charge in [-0.15, -0.1) is 0 Å². The van der Waals surface area contributed by atoms with Gasteiger partial charge < -0.3 is 19.4 Å². The molecule has 28 heavy (non-hydrogen) atoms. The van der Waals surface area contributed by atoms with Crippen LogP contribution in [0.25, 0.3) is 22.0 Å². The Balaban J connectivity index is 1.54. The fourth-order valence-corrected chi connectivity index (χ4v) is 4.05. The Morgan fingerprint density at radius 1 is 1.36 bits per heavy atom. The normalized spacial score (nSPS) is 19.4. The van der Waals surface area contributed by atoms with Gasteiger partial charge in [-0.25, -0.2) is 4.39 Å². The summed E-state index contributed by atoms with van der Waals surface area (Å²) in [5.41, 5.74) is 4.55. The molecule has 0 radical (unpaired) electrons. The van der Waals surface area contributed by atoms with Crippen molar-refractivity contribution in [3.05, 3.63) is 47.7 Å². The summed E-state index contributed by atoms with van der Waals surface area (Å²) in [5.74, 6) is -0.306. The van der Waals surface area contributed by atoms with Crippen LogP contribution in [0.1, 0.15) is 11.3 Å². The van der Waals surface area contributed by atoms with Crippen molar-refractivity contribution < 1.29 is 18.7 Å². The van der Waals surface area contributed by atoms with Gasteiger partial charge in [0.2, 0.25) is 5.91 Å². The Bertz CT molecular complexity index is 1070. The maximum atomic E-state index is 14.5. The molecule has 1 fully saturated rings. The average molecular weight is 381 g/mol. The molecule has 0 bridgehead atoms. The van der Waals surface area contributed by atoms with E-state index in [1.54, 1.807) is 17.3 Å². The van der Waals surface area contributed by atoms with E-state index in [2.05, 4.69) is 9.97 Å². The summed E-state index contributed by atoms with van der Waals surface area (Å²) in [6.45, 7) is 3.99. The molecule has 4 heterocycles. The van der Waals surface area contributed by atoms with Gasteiger partial charge in [-0.05, 0) is 36.2 Å². The number of pyridine rings is 1. The average Bonchev–Trinajstić information content (AvgIpc) is 3.31. The van der Waals surface area contributed by atoms with Crippen LogP contribution >= 0.6 is 0 Å². The van der Waals surface area contributed by atoms with Crippen molar-refractivity contribution >= 4 is 22.5 Å². The molecule has 0 spiro atoms. The molecule has 2 aliphatic heterocycles. The first kappa shape index (κ1) is 17.3. The number of hydrogen-bond donors (Lipinski definition) is 1. The highest BCUT2D eigenvalue weighted by molar-refractivity contribution is 6.01. The van der Waals surface area contributed by atoms with Crippen molar-refractivity contribution in [3.8, 4) is 11.1 Å². The number of carbonyl (C=O) groups is 1. The SMILES string of the molecule is Cc1c(-c2cnc3c(c2)N(C[C@H]2COCCO2)C(=O)C3)cc(F)c2[nH]ccc12. The van der Waals surface area contributed by atoms with Crippen molar-refractivity contribution in [2.45, 2.75) is 19.4 Å². The number of nitrogens with one attached hydrogen (secondary N) is 1. The monoisotopic (exact) mass is 381 g/mol. The standard InChI is InChI=1S/C21H20FN3O3/c1-12-15-2-3-23-21(15)17(22)7-16(12)13-6-19-18(24-9-13)8-20(26)25(19)10-14-11-27-4-5-28-14/h2-3,6-7,9,14,23H,4-5,8,10-11H2,1H3/t14-/m0/s1.